The highest BCUT2D eigenvalue weighted by Crippen LogP contribution is 2.36. The Bertz CT molecular complexity index is 3060. The fourth-order valence-corrected chi connectivity index (χ4v) is 10.9. The predicted octanol–water partition coefficient (Wildman–Crippen LogP) is 4.56. The van der Waals surface area contributed by atoms with Crippen LogP contribution in [0.1, 0.15) is 59.9 Å². The molecule has 0 aliphatic carbocycles. The molecule has 6 N–H and O–H groups in total. The molecule has 3 saturated heterocycles. The third kappa shape index (κ3) is 15.5. The first-order valence-corrected chi connectivity index (χ1v) is 27.6. The van der Waals surface area contributed by atoms with E-state index in [4.69, 9.17) is 4.74 Å². The molecule has 23 heteroatoms. The van der Waals surface area contributed by atoms with Crippen LogP contribution in [0.25, 0.3) is 21.6 Å². The van der Waals surface area contributed by atoms with Crippen molar-refractivity contribution >= 4 is 52.2 Å². The molecule has 3 aromatic carbocycles. The molecule has 0 saturated carbocycles. The van der Waals surface area contributed by atoms with Gasteiger partial charge in [0.25, 0.3) is 5.91 Å². The summed E-state index contributed by atoms with van der Waals surface area (Å²) in [6.07, 6.45) is -5.00. The average Bonchev–Trinajstić information content (AvgIpc) is 4.06. The molecule has 0 bridgehead atoms. The summed E-state index contributed by atoms with van der Waals surface area (Å²) in [4.78, 5) is 96.5. The van der Waals surface area contributed by atoms with Crippen LogP contribution in [-0.2, 0) is 43.2 Å². The molecule has 3 aliphatic rings. The number of aliphatic hydroxyl groups excluding tert-OH is 1. The average molecular weight is 1130 g/mol. The number of β-amino-alcohol motifs (C(OH)–C–C–N with tert-alkyl or cyclic N) is 1. The summed E-state index contributed by atoms with van der Waals surface area (Å²) in [5, 5.41) is 21.8. The molecule has 1 unspecified atom stereocenters. The van der Waals surface area contributed by atoms with Crippen molar-refractivity contribution in [1.82, 2.24) is 45.5 Å². The van der Waals surface area contributed by atoms with E-state index in [0.29, 0.717) is 50.2 Å². The zero-order valence-electron chi connectivity index (χ0n) is 45.7. The monoisotopic (exact) mass is 1130 g/mol. The molecule has 5 heterocycles. The molecule has 0 spiro atoms. The Balaban J connectivity index is 0.768. The minimum Gasteiger partial charge on any atom is -0.391 e. The lowest BCUT2D eigenvalue weighted by molar-refractivity contribution is -0.145. The molecular formula is C57H70F3N11O8S. The lowest BCUT2D eigenvalue weighted by Gasteiger charge is -2.35. The summed E-state index contributed by atoms with van der Waals surface area (Å²) in [5.41, 5.74) is 4.56. The molecule has 5 aromatic rings. The number of piperazine rings is 2. The van der Waals surface area contributed by atoms with Gasteiger partial charge in [-0.15, -0.1) is 11.3 Å². The summed E-state index contributed by atoms with van der Waals surface area (Å²) < 4.78 is 47.3. The van der Waals surface area contributed by atoms with E-state index in [1.165, 1.54) is 4.90 Å². The van der Waals surface area contributed by atoms with Gasteiger partial charge in [-0.3, -0.25) is 38.6 Å². The number of pyridine rings is 1. The molecule has 5 amide bonds. The van der Waals surface area contributed by atoms with Crippen molar-refractivity contribution in [3.63, 3.8) is 0 Å². The number of ether oxygens (including phenoxy) is 1. The number of aromatic nitrogens is 2. The number of amides is 5. The van der Waals surface area contributed by atoms with Gasteiger partial charge in [0.2, 0.25) is 29.2 Å². The van der Waals surface area contributed by atoms with Crippen molar-refractivity contribution in [3.8, 4) is 21.6 Å². The van der Waals surface area contributed by atoms with Gasteiger partial charge in [0.05, 0.1) is 44.7 Å². The van der Waals surface area contributed by atoms with Crippen molar-refractivity contribution in [2.75, 3.05) is 102 Å². The number of thiazole rings is 1. The molecule has 3 atom stereocenters. The zero-order chi connectivity index (χ0) is 57.3. The smallest absolute Gasteiger partial charge is 0.391 e. The van der Waals surface area contributed by atoms with Crippen molar-refractivity contribution in [1.29, 1.82) is 0 Å². The summed E-state index contributed by atoms with van der Waals surface area (Å²) in [7, 11) is 2.01. The third-order valence-corrected chi connectivity index (χ3v) is 15.6. The van der Waals surface area contributed by atoms with E-state index in [-0.39, 0.29) is 26.1 Å². The number of nitrogens with zero attached hydrogens (tertiary/aromatic N) is 6. The first-order chi connectivity index (χ1) is 38.1. The largest absolute Gasteiger partial charge is 0.417 e. The normalized spacial score (nSPS) is 18.0. The lowest BCUT2D eigenvalue weighted by Crippen LogP contribution is -2.58. The van der Waals surface area contributed by atoms with Gasteiger partial charge in [-0.2, -0.15) is 13.2 Å². The molecule has 0 radical (unpaired) electrons. The Morgan fingerprint density at radius 1 is 0.838 bits per heavy atom. The van der Waals surface area contributed by atoms with Crippen LogP contribution >= 0.6 is 11.3 Å². The maximum atomic E-state index is 14.0. The molecule has 2 aromatic heterocycles. The van der Waals surface area contributed by atoms with Crippen LogP contribution in [0.2, 0.25) is 0 Å². The summed E-state index contributed by atoms with van der Waals surface area (Å²) in [5.74, 6) is -2.94. The van der Waals surface area contributed by atoms with Crippen LogP contribution < -0.4 is 31.7 Å². The summed E-state index contributed by atoms with van der Waals surface area (Å²) in [6, 6.07) is 19.7. The number of hydrogen-bond donors (Lipinski definition) is 6. The molecule has 19 nitrogen and oxygen atoms in total. The van der Waals surface area contributed by atoms with Gasteiger partial charge in [-0.25, -0.2) is 4.98 Å². The van der Waals surface area contributed by atoms with Gasteiger partial charge in [0.15, 0.2) is 0 Å². The van der Waals surface area contributed by atoms with E-state index < -0.39 is 82.6 Å². The second-order valence-electron chi connectivity index (χ2n) is 21.7. The van der Waals surface area contributed by atoms with Crippen molar-refractivity contribution in [2.24, 2.45) is 5.41 Å². The van der Waals surface area contributed by atoms with Crippen LogP contribution in [0.3, 0.4) is 0 Å². The van der Waals surface area contributed by atoms with Gasteiger partial charge in [0, 0.05) is 104 Å². The molecular weight excluding hydrogens is 1060 g/mol. The Hall–Kier alpha value is -7.02. The number of likely N-dealkylation sites (N-methyl/N-ethyl adjacent to an activating group) is 1. The number of rotatable bonds is 19. The number of H-pyrrole nitrogens is 1. The standard InChI is InChI=1S/C57H70F3N11O8S/c1-36-51(80-35-64-36)39-11-9-37(10-12-39)29-63-54(77)47-27-42(72)32-71(47)55(78)52(56(2,3)4)66-50(75)34-79-33-49(74)61-15-16-68-19-21-69(22-20-68)31-38-7-6-8-40(25-38)41-13-14-46(70-23-17-67(5)18-24-70)45(26-41)65-53(76)43-30-62-48(73)28-44(43)57(58,59)60/h6-14,25-26,28,30,35,42,47,52,72H,15-24,27,29,31-34H2,1-5H3,(H,61,74)(H,62,73)(H,63,77)(H,65,76)(H,66,75)/t42-,47+,52?/m1/s1. The van der Waals surface area contributed by atoms with Gasteiger partial charge in [-0.1, -0.05) is 69.3 Å². The topological polar surface area (TPSA) is 225 Å². The number of hydrogen-bond acceptors (Lipinski definition) is 14. The van der Waals surface area contributed by atoms with Crippen LogP contribution in [0, 0.1) is 12.3 Å². The van der Waals surface area contributed by atoms with Crippen molar-refractivity contribution in [2.45, 2.75) is 71.6 Å². The highest BCUT2D eigenvalue weighted by molar-refractivity contribution is 7.13. The first-order valence-electron chi connectivity index (χ1n) is 26.7. The van der Waals surface area contributed by atoms with Gasteiger partial charge >= 0.3 is 6.18 Å². The van der Waals surface area contributed by atoms with Gasteiger partial charge in [0.1, 0.15) is 25.3 Å². The minimum atomic E-state index is -4.92. The summed E-state index contributed by atoms with van der Waals surface area (Å²) in [6.45, 7) is 14.1. The van der Waals surface area contributed by atoms with Gasteiger partial charge in [-0.05, 0) is 65.4 Å². The minimum absolute atomic E-state index is 0.0505. The summed E-state index contributed by atoms with van der Waals surface area (Å²) >= 11 is 1.55. The molecule has 428 valence electrons. The Morgan fingerprint density at radius 3 is 2.21 bits per heavy atom. The van der Waals surface area contributed by atoms with Gasteiger partial charge < -0.3 is 50.8 Å². The van der Waals surface area contributed by atoms with Crippen LogP contribution in [0.5, 0.6) is 0 Å². The van der Waals surface area contributed by atoms with E-state index in [0.717, 1.165) is 83.9 Å². The number of aromatic amines is 1. The number of benzene rings is 3. The zero-order valence-corrected chi connectivity index (χ0v) is 46.5. The Kier molecular flexibility index (Phi) is 19.3. The molecule has 3 aliphatic heterocycles. The van der Waals surface area contributed by atoms with E-state index in [1.54, 1.807) is 43.7 Å². The molecule has 8 rings (SSSR count). The fourth-order valence-electron chi connectivity index (χ4n) is 10.1. The highest BCUT2D eigenvalue weighted by Gasteiger charge is 2.44. The quantitative estimate of drug-likeness (QED) is 0.0669. The number of carbonyl (C=O) groups is 5. The number of aliphatic hydroxyl groups is 1. The number of nitrogens with one attached hydrogen (secondary N) is 5. The fraction of sp³-hybridized carbons (Fsp3) is 0.456. The first kappa shape index (κ1) is 59.1. The lowest BCUT2D eigenvalue weighted by atomic mass is 9.85. The maximum Gasteiger partial charge on any atom is 0.417 e. The number of anilines is 2. The van der Waals surface area contributed by atoms with Crippen LogP contribution in [0.15, 0.2) is 89.3 Å². The number of likely N-dealkylation sites (tertiary alicyclic amines) is 1. The Labute approximate surface area is 466 Å². The second-order valence-corrected chi connectivity index (χ2v) is 22.6. The third-order valence-electron chi connectivity index (χ3n) is 14.6. The maximum absolute atomic E-state index is 14.0. The second kappa shape index (κ2) is 26.1. The number of alkyl halides is 3. The van der Waals surface area contributed by atoms with Crippen LogP contribution in [-0.4, -0.2) is 175 Å². The van der Waals surface area contributed by atoms with E-state index in [1.807, 2.05) is 68.6 Å². The number of carbonyl (C=O) groups excluding carboxylic acids is 5. The van der Waals surface area contributed by atoms with Crippen molar-refractivity contribution in [3.05, 3.63) is 123 Å². The SMILES string of the molecule is Cc1ncsc1-c1ccc(CNC(=O)[C@@H]2C[C@@H](O)CN2C(=O)C(NC(=O)COCC(=O)NCCN2CCN(Cc3cccc(-c4ccc(N5CCN(C)CC5)c(NC(=O)c5c[nH]c(=O)cc5C(F)(F)F)c4)c3)CC2)C(C)(C)C)cc1. The number of halogens is 3. The van der Waals surface area contributed by atoms with Crippen molar-refractivity contribution < 1.29 is 47.0 Å². The van der Waals surface area contributed by atoms with Crippen LogP contribution in [0.4, 0.5) is 24.5 Å². The van der Waals surface area contributed by atoms with E-state index >= 15 is 0 Å². The van der Waals surface area contributed by atoms with E-state index in [2.05, 4.69) is 56.9 Å². The predicted molar refractivity (Wildman–Crippen MR) is 299 cm³/mol. The molecule has 3 fully saturated rings. The number of aryl methyl sites for hydroxylation is 1. The molecule has 80 heavy (non-hydrogen) atoms. The Morgan fingerprint density at radius 2 is 1.52 bits per heavy atom. The highest BCUT2D eigenvalue weighted by atomic mass is 32.1. The van der Waals surface area contributed by atoms with E-state index in [9.17, 15) is 47.0 Å².